The summed E-state index contributed by atoms with van der Waals surface area (Å²) in [6, 6.07) is 0. The van der Waals surface area contributed by atoms with Crippen molar-refractivity contribution in [1.29, 1.82) is 0 Å². The Bertz CT molecular complexity index is 149. The Morgan fingerprint density at radius 1 is 0.909 bits per heavy atom. The molecular weight excluding hydrogens is 132 g/mol. The monoisotopic (exact) mass is 150 g/mol. The van der Waals surface area contributed by atoms with Crippen molar-refractivity contribution in [3.8, 4) is 0 Å². The van der Waals surface area contributed by atoms with Crippen LogP contribution >= 0.6 is 0 Å². The SMILES string of the molecule is C=C1CCC2(CCCC2)CC1. The van der Waals surface area contributed by atoms with Gasteiger partial charge in [0.25, 0.3) is 0 Å². The van der Waals surface area contributed by atoms with Crippen LogP contribution in [-0.4, -0.2) is 0 Å². The molecule has 0 unspecified atom stereocenters. The van der Waals surface area contributed by atoms with Gasteiger partial charge in [-0.2, -0.15) is 0 Å². The molecule has 2 saturated carbocycles. The highest BCUT2D eigenvalue weighted by Crippen LogP contribution is 2.49. The van der Waals surface area contributed by atoms with E-state index < -0.39 is 0 Å². The molecule has 0 aromatic heterocycles. The fourth-order valence-corrected chi connectivity index (χ4v) is 2.76. The van der Waals surface area contributed by atoms with Crippen molar-refractivity contribution in [3.05, 3.63) is 12.2 Å². The third-order valence-electron chi connectivity index (χ3n) is 3.68. The molecule has 0 radical (unpaired) electrons. The Hall–Kier alpha value is -0.260. The first-order chi connectivity index (χ1) is 5.31. The normalized spacial score (nSPS) is 29.6. The summed E-state index contributed by atoms with van der Waals surface area (Å²) >= 11 is 0. The van der Waals surface area contributed by atoms with E-state index in [0.29, 0.717) is 0 Å². The van der Waals surface area contributed by atoms with Gasteiger partial charge in [0, 0.05) is 0 Å². The predicted molar refractivity (Wildman–Crippen MR) is 48.5 cm³/mol. The van der Waals surface area contributed by atoms with E-state index in [2.05, 4.69) is 6.58 Å². The maximum Gasteiger partial charge on any atom is -0.0291 e. The molecule has 0 aromatic rings. The van der Waals surface area contributed by atoms with Crippen LogP contribution in [0.5, 0.6) is 0 Å². The van der Waals surface area contributed by atoms with Crippen molar-refractivity contribution in [3.63, 3.8) is 0 Å². The van der Waals surface area contributed by atoms with E-state index in [4.69, 9.17) is 0 Å². The van der Waals surface area contributed by atoms with E-state index in [9.17, 15) is 0 Å². The summed E-state index contributed by atoms with van der Waals surface area (Å²) in [4.78, 5) is 0. The van der Waals surface area contributed by atoms with E-state index in [-0.39, 0.29) is 0 Å². The number of rotatable bonds is 0. The molecule has 2 aliphatic rings. The van der Waals surface area contributed by atoms with Crippen molar-refractivity contribution in [1.82, 2.24) is 0 Å². The van der Waals surface area contributed by atoms with Crippen LogP contribution in [0.25, 0.3) is 0 Å². The van der Waals surface area contributed by atoms with Gasteiger partial charge < -0.3 is 0 Å². The second-order valence-electron chi connectivity index (χ2n) is 4.46. The molecule has 2 aliphatic carbocycles. The standard InChI is InChI=1S/C11H18/c1-10-4-8-11(9-5-10)6-2-3-7-11/h1-9H2. The van der Waals surface area contributed by atoms with Crippen LogP contribution in [0, 0.1) is 5.41 Å². The molecule has 0 atom stereocenters. The molecule has 0 heterocycles. The summed E-state index contributed by atoms with van der Waals surface area (Å²) in [5, 5.41) is 0. The van der Waals surface area contributed by atoms with E-state index in [1.54, 1.807) is 0 Å². The average Bonchev–Trinajstić information content (AvgIpc) is 2.45. The molecule has 0 aliphatic heterocycles. The Morgan fingerprint density at radius 3 is 2.00 bits per heavy atom. The zero-order chi connectivity index (χ0) is 7.73. The second-order valence-corrected chi connectivity index (χ2v) is 4.46. The predicted octanol–water partition coefficient (Wildman–Crippen LogP) is 3.68. The van der Waals surface area contributed by atoms with Gasteiger partial charge in [-0.05, 0) is 43.9 Å². The number of hydrogen-bond donors (Lipinski definition) is 0. The van der Waals surface area contributed by atoms with Crippen LogP contribution in [-0.2, 0) is 0 Å². The van der Waals surface area contributed by atoms with Gasteiger partial charge in [-0.3, -0.25) is 0 Å². The summed E-state index contributed by atoms with van der Waals surface area (Å²) in [5.74, 6) is 0. The quantitative estimate of drug-likeness (QED) is 0.462. The lowest BCUT2D eigenvalue weighted by Gasteiger charge is -2.34. The lowest BCUT2D eigenvalue weighted by atomic mass is 9.72. The van der Waals surface area contributed by atoms with Crippen LogP contribution in [0.4, 0.5) is 0 Å². The molecule has 0 saturated heterocycles. The van der Waals surface area contributed by atoms with Crippen molar-refractivity contribution in [2.24, 2.45) is 5.41 Å². The fourth-order valence-electron chi connectivity index (χ4n) is 2.76. The Labute approximate surface area is 69.7 Å². The number of allylic oxidation sites excluding steroid dienone is 1. The van der Waals surface area contributed by atoms with Crippen molar-refractivity contribution in [2.75, 3.05) is 0 Å². The molecule has 0 amide bonds. The zero-order valence-corrected chi connectivity index (χ0v) is 7.36. The lowest BCUT2D eigenvalue weighted by molar-refractivity contribution is 0.225. The molecule has 62 valence electrons. The van der Waals surface area contributed by atoms with E-state index in [1.807, 2.05) is 0 Å². The minimum atomic E-state index is 0.793. The second kappa shape index (κ2) is 2.66. The van der Waals surface area contributed by atoms with Gasteiger partial charge in [0.1, 0.15) is 0 Å². The smallest absolute Gasteiger partial charge is 0.0291 e. The van der Waals surface area contributed by atoms with Crippen LogP contribution < -0.4 is 0 Å². The first kappa shape index (κ1) is 7.39. The van der Waals surface area contributed by atoms with E-state index in [0.717, 1.165) is 5.41 Å². The molecule has 1 spiro atoms. The van der Waals surface area contributed by atoms with Gasteiger partial charge in [-0.25, -0.2) is 0 Å². The Morgan fingerprint density at radius 2 is 1.45 bits per heavy atom. The molecule has 0 aromatic carbocycles. The molecular formula is C11H18. The van der Waals surface area contributed by atoms with Gasteiger partial charge in [0.15, 0.2) is 0 Å². The Balaban J connectivity index is 1.99. The van der Waals surface area contributed by atoms with Crippen LogP contribution in [0.2, 0.25) is 0 Å². The first-order valence-electron chi connectivity index (χ1n) is 4.97. The molecule has 11 heavy (non-hydrogen) atoms. The highest BCUT2D eigenvalue weighted by Gasteiger charge is 2.35. The summed E-state index contributed by atoms with van der Waals surface area (Å²) in [5.41, 5.74) is 2.30. The van der Waals surface area contributed by atoms with Crippen molar-refractivity contribution >= 4 is 0 Å². The minimum Gasteiger partial charge on any atom is -0.0999 e. The minimum absolute atomic E-state index is 0.793. The highest BCUT2D eigenvalue weighted by molar-refractivity contribution is 5.03. The van der Waals surface area contributed by atoms with E-state index in [1.165, 1.54) is 56.9 Å². The summed E-state index contributed by atoms with van der Waals surface area (Å²) < 4.78 is 0. The third-order valence-corrected chi connectivity index (χ3v) is 3.68. The lowest BCUT2D eigenvalue weighted by Crippen LogP contribution is -2.20. The van der Waals surface area contributed by atoms with Gasteiger partial charge in [0.2, 0.25) is 0 Å². The van der Waals surface area contributed by atoms with Gasteiger partial charge in [-0.15, -0.1) is 0 Å². The summed E-state index contributed by atoms with van der Waals surface area (Å²) in [6.45, 7) is 4.07. The maximum atomic E-state index is 4.07. The molecule has 2 fully saturated rings. The van der Waals surface area contributed by atoms with Gasteiger partial charge >= 0.3 is 0 Å². The Kier molecular flexibility index (Phi) is 1.78. The average molecular weight is 150 g/mol. The van der Waals surface area contributed by atoms with Crippen molar-refractivity contribution in [2.45, 2.75) is 51.4 Å². The van der Waals surface area contributed by atoms with E-state index >= 15 is 0 Å². The molecule has 0 nitrogen and oxygen atoms in total. The first-order valence-corrected chi connectivity index (χ1v) is 4.97. The fraction of sp³-hybridized carbons (Fsp3) is 0.818. The van der Waals surface area contributed by atoms with Crippen LogP contribution in [0.3, 0.4) is 0 Å². The topological polar surface area (TPSA) is 0 Å². The zero-order valence-electron chi connectivity index (χ0n) is 7.36. The number of hydrogen-bond acceptors (Lipinski definition) is 0. The largest absolute Gasteiger partial charge is 0.0999 e. The summed E-state index contributed by atoms with van der Waals surface area (Å²) in [6.07, 6.45) is 11.6. The maximum absolute atomic E-state index is 4.07. The molecule has 2 rings (SSSR count). The molecule has 0 heteroatoms. The van der Waals surface area contributed by atoms with Crippen LogP contribution in [0.15, 0.2) is 12.2 Å². The highest BCUT2D eigenvalue weighted by atomic mass is 14.4. The van der Waals surface area contributed by atoms with Gasteiger partial charge in [0.05, 0.1) is 0 Å². The summed E-state index contributed by atoms with van der Waals surface area (Å²) in [7, 11) is 0. The third kappa shape index (κ3) is 1.36. The molecule has 0 N–H and O–H groups in total. The van der Waals surface area contributed by atoms with Crippen molar-refractivity contribution < 1.29 is 0 Å². The molecule has 0 bridgehead atoms. The van der Waals surface area contributed by atoms with Gasteiger partial charge in [-0.1, -0.05) is 25.0 Å². The van der Waals surface area contributed by atoms with Crippen LogP contribution in [0.1, 0.15) is 51.4 Å².